The van der Waals surface area contributed by atoms with E-state index in [1.165, 1.54) is 6.07 Å². The minimum atomic E-state index is -2.91. The fourth-order valence-electron chi connectivity index (χ4n) is 2.61. The second-order valence-electron chi connectivity index (χ2n) is 5.25. The average Bonchev–Trinajstić information content (AvgIpc) is 2.69. The summed E-state index contributed by atoms with van der Waals surface area (Å²) in [7, 11) is -2.91. The Labute approximate surface area is 113 Å². The van der Waals surface area contributed by atoms with Crippen LogP contribution in [-0.4, -0.2) is 19.9 Å². The Bertz CT molecular complexity index is 560. The average molecular weight is 286 g/mol. The maximum atomic E-state index is 13.8. The molecule has 2 rings (SSSR count). The fraction of sp³-hybridized carbons (Fsp3) is 0.538. The summed E-state index contributed by atoms with van der Waals surface area (Å²) in [4.78, 5) is 0. The van der Waals surface area contributed by atoms with Crippen molar-refractivity contribution in [2.75, 3.05) is 11.5 Å². The van der Waals surface area contributed by atoms with Gasteiger partial charge in [-0.2, -0.15) is 0 Å². The van der Waals surface area contributed by atoms with E-state index in [1.807, 2.05) is 6.92 Å². The van der Waals surface area contributed by atoms with Crippen molar-refractivity contribution in [1.82, 2.24) is 5.43 Å². The Hall–Kier alpha value is -0.980. The first-order chi connectivity index (χ1) is 8.91. The lowest BCUT2D eigenvalue weighted by atomic mass is 9.93. The van der Waals surface area contributed by atoms with E-state index in [4.69, 9.17) is 5.84 Å². The molecule has 6 heteroatoms. The first-order valence-electron chi connectivity index (χ1n) is 6.34. The number of aryl methyl sites for hydroxylation is 1. The number of hydrogen-bond donors (Lipinski definition) is 2. The summed E-state index contributed by atoms with van der Waals surface area (Å²) in [5, 5.41) is 0. The van der Waals surface area contributed by atoms with E-state index in [0.717, 1.165) is 5.56 Å². The smallest absolute Gasteiger partial charge is 0.150 e. The summed E-state index contributed by atoms with van der Waals surface area (Å²) < 4.78 is 36.7. The number of hydrazine groups is 1. The van der Waals surface area contributed by atoms with Crippen molar-refractivity contribution in [2.24, 2.45) is 11.8 Å². The quantitative estimate of drug-likeness (QED) is 0.649. The van der Waals surface area contributed by atoms with Crippen LogP contribution >= 0.6 is 0 Å². The fourth-order valence-corrected chi connectivity index (χ4v) is 4.49. The van der Waals surface area contributed by atoms with Gasteiger partial charge in [0.25, 0.3) is 0 Å². The molecule has 106 valence electrons. The molecule has 0 aromatic heterocycles. The van der Waals surface area contributed by atoms with E-state index in [-0.39, 0.29) is 29.3 Å². The minimum Gasteiger partial charge on any atom is -0.271 e. The van der Waals surface area contributed by atoms with Gasteiger partial charge >= 0.3 is 0 Å². The molecular formula is C13H19FN2O2S. The first kappa shape index (κ1) is 14.4. The molecule has 2 atom stereocenters. The van der Waals surface area contributed by atoms with Crippen LogP contribution in [0.2, 0.25) is 0 Å². The Morgan fingerprint density at radius 3 is 2.84 bits per heavy atom. The zero-order chi connectivity index (χ0) is 14.0. The van der Waals surface area contributed by atoms with Crippen molar-refractivity contribution >= 4 is 9.84 Å². The zero-order valence-electron chi connectivity index (χ0n) is 10.9. The molecule has 1 saturated heterocycles. The molecule has 19 heavy (non-hydrogen) atoms. The molecule has 1 fully saturated rings. The molecule has 0 spiro atoms. The molecule has 1 aromatic carbocycles. The Kier molecular flexibility index (Phi) is 4.23. The summed E-state index contributed by atoms with van der Waals surface area (Å²) in [6.07, 6.45) is 1.17. The first-order valence-corrected chi connectivity index (χ1v) is 8.16. The molecule has 0 aliphatic carbocycles. The molecule has 0 amide bonds. The van der Waals surface area contributed by atoms with Crippen molar-refractivity contribution in [3.05, 3.63) is 35.1 Å². The van der Waals surface area contributed by atoms with E-state index in [0.29, 0.717) is 18.4 Å². The van der Waals surface area contributed by atoms with Gasteiger partial charge in [0.2, 0.25) is 0 Å². The lowest BCUT2D eigenvalue weighted by molar-refractivity contribution is 0.408. The van der Waals surface area contributed by atoms with E-state index in [9.17, 15) is 12.8 Å². The number of nitrogens with one attached hydrogen (secondary N) is 1. The van der Waals surface area contributed by atoms with Crippen LogP contribution in [0.25, 0.3) is 0 Å². The monoisotopic (exact) mass is 286 g/mol. The highest BCUT2D eigenvalue weighted by molar-refractivity contribution is 7.91. The Balaban J connectivity index is 2.14. The van der Waals surface area contributed by atoms with Gasteiger partial charge in [0, 0.05) is 11.6 Å². The van der Waals surface area contributed by atoms with Gasteiger partial charge in [-0.25, -0.2) is 12.8 Å². The van der Waals surface area contributed by atoms with E-state index >= 15 is 0 Å². The lowest BCUT2D eigenvalue weighted by Gasteiger charge is -2.20. The van der Waals surface area contributed by atoms with Crippen LogP contribution in [0, 0.1) is 18.7 Å². The molecule has 1 heterocycles. The van der Waals surface area contributed by atoms with Crippen molar-refractivity contribution in [1.29, 1.82) is 0 Å². The predicted molar refractivity (Wildman–Crippen MR) is 72.6 cm³/mol. The molecule has 0 bridgehead atoms. The summed E-state index contributed by atoms with van der Waals surface area (Å²) in [6.45, 7) is 1.89. The van der Waals surface area contributed by atoms with Crippen LogP contribution in [-0.2, 0) is 9.84 Å². The summed E-state index contributed by atoms with van der Waals surface area (Å²) in [5.41, 5.74) is 4.07. The maximum Gasteiger partial charge on any atom is 0.150 e. The number of sulfone groups is 1. The van der Waals surface area contributed by atoms with Crippen molar-refractivity contribution < 1.29 is 12.8 Å². The number of hydrogen-bond acceptors (Lipinski definition) is 4. The third-order valence-corrected chi connectivity index (χ3v) is 5.46. The summed E-state index contributed by atoms with van der Waals surface area (Å²) >= 11 is 0. The second-order valence-corrected chi connectivity index (χ2v) is 7.48. The van der Waals surface area contributed by atoms with Crippen LogP contribution in [0.1, 0.15) is 30.0 Å². The number of nitrogens with two attached hydrogens (primary N) is 1. The van der Waals surface area contributed by atoms with Gasteiger partial charge in [-0.3, -0.25) is 11.3 Å². The highest BCUT2D eigenvalue weighted by atomic mass is 32.2. The molecular weight excluding hydrogens is 267 g/mol. The number of halogens is 1. The third-order valence-electron chi connectivity index (χ3n) is 3.62. The molecule has 1 aliphatic rings. The highest BCUT2D eigenvalue weighted by Gasteiger charge is 2.30. The van der Waals surface area contributed by atoms with Crippen LogP contribution in [0.4, 0.5) is 4.39 Å². The molecule has 2 unspecified atom stereocenters. The summed E-state index contributed by atoms with van der Waals surface area (Å²) in [6, 6.07) is 4.52. The van der Waals surface area contributed by atoms with Crippen LogP contribution in [0.3, 0.4) is 0 Å². The van der Waals surface area contributed by atoms with E-state index in [1.54, 1.807) is 12.1 Å². The standard InChI is InChI=1S/C13H19FN2O2S/c1-9-2-3-12(14)11(6-9)13(16-15)7-10-4-5-19(17,18)8-10/h2-3,6,10,13,16H,4-5,7-8,15H2,1H3. The molecule has 1 aliphatic heterocycles. The van der Waals surface area contributed by atoms with E-state index < -0.39 is 9.84 Å². The minimum absolute atomic E-state index is 0.0472. The molecule has 0 radical (unpaired) electrons. The molecule has 0 saturated carbocycles. The third kappa shape index (κ3) is 3.52. The molecule has 4 nitrogen and oxygen atoms in total. The van der Waals surface area contributed by atoms with Gasteiger partial charge in [-0.05, 0) is 31.7 Å². The topological polar surface area (TPSA) is 72.2 Å². The van der Waals surface area contributed by atoms with Crippen molar-refractivity contribution in [3.8, 4) is 0 Å². The normalized spacial score (nSPS) is 23.4. The number of benzene rings is 1. The Morgan fingerprint density at radius 1 is 1.53 bits per heavy atom. The zero-order valence-corrected chi connectivity index (χ0v) is 11.7. The van der Waals surface area contributed by atoms with Crippen LogP contribution in [0.15, 0.2) is 18.2 Å². The predicted octanol–water partition coefficient (Wildman–Crippen LogP) is 1.46. The highest BCUT2D eigenvalue weighted by Crippen LogP contribution is 2.30. The van der Waals surface area contributed by atoms with Crippen LogP contribution < -0.4 is 11.3 Å². The maximum absolute atomic E-state index is 13.8. The largest absolute Gasteiger partial charge is 0.271 e. The van der Waals surface area contributed by atoms with Gasteiger partial charge in [0.15, 0.2) is 9.84 Å². The van der Waals surface area contributed by atoms with Gasteiger partial charge in [-0.1, -0.05) is 17.7 Å². The lowest BCUT2D eigenvalue weighted by Crippen LogP contribution is -2.30. The number of rotatable bonds is 4. The summed E-state index contributed by atoms with van der Waals surface area (Å²) in [5.74, 6) is 5.65. The second kappa shape index (κ2) is 5.56. The Morgan fingerprint density at radius 2 is 2.26 bits per heavy atom. The van der Waals surface area contributed by atoms with Crippen molar-refractivity contribution in [2.45, 2.75) is 25.8 Å². The van der Waals surface area contributed by atoms with Gasteiger partial charge in [0.1, 0.15) is 5.82 Å². The van der Waals surface area contributed by atoms with Gasteiger partial charge in [0.05, 0.1) is 11.5 Å². The van der Waals surface area contributed by atoms with Gasteiger partial charge < -0.3 is 0 Å². The SMILES string of the molecule is Cc1ccc(F)c(C(CC2CCS(=O)(=O)C2)NN)c1. The van der Waals surface area contributed by atoms with Crippen LogP contribution in [0.5, 0.6) is 0 Å². The van der Waals surface area contributed by atoms with E-state index in [2.05, 4.69) is 5.43 Å². The molecule has 3 N–H and O–H groups in total. The molecule has 1 aromatic rings. The van der Waals surface area contributed by atoms with Crippen molar-refractivity contribution in [3.63, 3.8) is 0 Å². The van der Waals surface area contributed by atoms with Gasteiger partial charge in [-0.15, -0.1) is 0 Å².